The number of halogens is 1. The quantitative estimate of drug-likeness (QED) is 0.590. The molecule has 6 nitrogen and oxygen atoms in total. The van der Waals surface area contributed by atoms with Crippen molar-refractivity contribution in [3.63, 3.8) is 0 Å². The smallest absolute Gasteiger partial charge is 0.413 e. The van der Waals surface area contributed by atoms with E-state index in [2.05, 4.69) is 15.4 Å². The highest BCUT2D eigenvalue weighted by atomic mass is 32.1. The van der Waals surface area contributed by atoms with Gasteiger partial charge >= 0.3 is 6.09 Å². The summed E-state index contributed by atoms with van der Waals surface area (Å²) in [6, 6.07) is 10.5. The highest BCUT2D eigenvalue weighted by Gasteiger charge is 2.08. The second kappa shape index (κ2) is 7.41. The van der Waals surface area contributed by atoms with Crippen molar-refractivity contribution in [1.82, 2.24) is 5.32 Å². The molecule has 1 amide bonds. The summed E-state index contributed by atoms with van der Waals surface area (Å²) in [6.45, 7) is 0. The van der Waals surface area contributed by atoms with Crippen molar-refractivity contribution in [2.75, 3.05) is 18.2 Å². The number of nitrogens with two attached hydrogens (primary N) is 1. The summed E-state index contributed by atoms with van der Waals surface area (Å²) in [5, 5.41) is 5.07. The number of nitrogen functional groups attached to an aromatic ring is 1. The van der Waals surface area contributed by atoms with Crippen molar-refractivity contribution in [2.24, 2.45) is 0 Å². The molecule has 0 saturated carbocycles. The Morgan fingerprint density at radius 3 is 2.65 bits per heavy atom. The first-order valence-electron chi connectivity index (χ1n) is 6.47. The third-order valence-corrected chi connectivity index (χ3v) is 2.91. The van der Waals surface area contributed by atoms with Crippen LogP contribution in [0.5, 0.6) is 11.5 Å². The molecule has 2 aromatic rings. The van der Waals surface area contributed by atoms with E-state index in [1.54, 1.807) is 24.3 Å². The molecule has 2 rings (SSSR count). The first kappa shape index (κ1) is 16.5. The molecule has 8 heteroatoms. The van der Waals surface area contributed by atoms with Crippen LogP contribution in [0.2, 0.25) is 0 Å². The lowest BCUT2D eigenvalue weighted by Crippen LogP contribution is -2.34. The Hall–Kier alpha value is -2.87. The predicted octanol–water partition coefficient (Wildman–Crippen LogP) is 3.25. The number of alkyl carbamates (subject to hydrolysis) is 1. The van der Waals surface area contributed by atoms with E-state index in [9.17, 15) is 9.18 Å². The molecule has 0 aliphatic carbocycles. The number of nitrogens with one attached hydrogen (secondary N) is 2. The summed E-state index contributed by atoms with van der Waals surface area (Å²) in [7, 11) is 1.22. The number of methoxy groups -OCH3 is 1. The normalized spacial score (nSPS) is 9.83. The average Bonchev–Trinajstić information content (AvgIpc) is 2.50. The summed E-state index contributed by atoms with van der Waals surface area (Å²) in [5.74, 6) is 0.365. The van der Waals surface area contributed by atoms with Crippen molar-refractivity contribution in [2.45, 2.75) is 0 Å². The summed E-state index contributed by atoms with van der Waals surface area (Å²) in [4.78, 5) is 11.1. The zero-order chi connectivity index (χ0) is 16.8. The summed E-state index contributed by atoms with van der Waals surface area (Å²) >= 11 is 4.96. The van der Waals surface area contributed by atoms with Crippen LogP contribution in [-0.2, 0) is 4.74 Å². The molecule has 0 fully saturated rings. The highest BCUT2D eigenvalue weighted by molar-refractivity contribution is 7.80. The minimum Gasteiger partial charge on any atom is -0.457 e. The maximum absolute atomic E-state index is 13.2. The van der Waals surface area contributed by atoms with Gasteiger partial charge in [0, 0.05) is 12.1 Å². The Labute approximate surface area is 137 Å². The number of carbonyl (C=O) groups is 1. The molecule has 0 radical (unpaired) electrons. The fraction of sp³-hybridized carbons (Fsp3) is 0.0667. The zero-order valence-corrected chi connectivity index (χ0v) is 12.9. The number of rotatable bonds is 3. The van der Waals surface area contributed by atoms with E-state index in [-0.39, 0.29) is 5.11 Å². The lowest BCUT2D eigenvalue weighted by atomic mass is 10.2. The van der Waals surface area contributed by atoms with Crippen LogP contribution in [-0.4, -0.2) is 18.3 Å². The van der Waals surface area contributed by atoms with Crippen LogP contribution in [0.25, 0.3) is 0 Å². The van der Waals surface area contributed by atoms with Crippen molar-refractivity contribution >= 4 is 34.8 Å². The van der Waals surface area contributed by atoms with Crippen LogP contribution in [0.1, 0.15) is 0 Å². The second-order valence-corrected chi connectivity index (χ2v) is 4.79. The van der Waals surface area contributed by atoms with Crippen LogP contribution in [0.4, 0.5) is 20.6 Å². The molecular weight excluding hydrogens is 321 g/mol. The largest absolute Gasteiger partial charge is 0.457 e. The fourth-order valence-corrected chi connectivity index (χ4v) is 1.86. The Morgan fingerprint density at radius 1 is 1.22 bits per heavy atom. The van der Waals surface area contributed by atoms with Gasteiger partial charge in [0.15, 0.2) is 5.11 Å². The predicted molar refractivity (Wildman–Crippen MR) is 89.1 cm³/mol. The number of amides is 1. The molecule has 0 spiro atoms. The topological polar surface area (TPSA) is 85.6 Å². The molecule has 4 N–H and O–H groups in total. The van der Waals surface area contributed by atoms with Gasteiger partial charge in [-0.3, -0.25) is 5.32 Å². The van der Waals surface area contributed by atoms with E-state index in [1.165, 1.54) is 25.3 Å². The summed E-state index contributed by atoms with van der Waals surface area (Å²) in [5.41, 5.74) is 6.66. The molecule has 0 saturated heterocycles. The Bertz CT molecular complexity index is 740. The minimum atomic E-state index is -0.701. The number of thiocarbonyl (C=S) groups is 1. The molecule has 23 heavy (non-hydrogen) atoms. The van der Waals surface area contributed by atoms with E-state index in [0.29, 0.717) is 22.9 Å². The monoisotopic (exact) mass is 335 g/mol. The molecule has 0 aromatic heterocycles. The highest BCUT2D eigenvalue weighted by Crippen LogP contribution is 2.28. The van der Waals surface area contributed by atoms with Crippen LogP contribution in [0.3, 0.4) is 0 Å². The van der Waals surface area contributed by atoms with E-state index in [4.69, 9.17) is 22.7 Å². The molecule has 2 aromatic carbocycles. The second-order valence-electron chi connectivity index (χ2n) is 4.38. The SMILES string of the molecule is COC(=O)NC(=S)Nc1cc(Oc2cccc(F)c2)ccc1N. The van der Waals surface area contributed by atoms with Crippen LogP contribution in [0.15, 0.2) is 42.5 Å². The fourth-order valence-electron chi connectivity index (χ4n) is 1.67. The van der Waals surface area contributed by atoms with Crippen LogP contribution < -0.4 is 21.1 Å². The van der Waals surface area contributed by atoms with Crippen molar-refractivity contribution < 1.29 is 18.7 Å². The Kier molecular flexibility index (Phi) is 5.32. The van der Waals surface area contributed by atoms with Gasteiger partial charge in [-0.1, -0.05) is 6.07 Å². The first-order valence-corrected chi connectivity index (χ1v) is 6.87. The van der Waals surface area contributed by atoms with Gasteiger partial charge in [0.2, 0.25) is 0 Å². The number of hydrogen-bond donors (Lipinski definition) is 3. The maximum Gasteiger partial charge on any atom is 0.413 e. The number of hydrogen-bond acceptors (Lipinski definition) is 5. The van der Waals surface area contributed by atoms with Gasteiger partial charge in [0.25, 0.3) is 0 Å². The molecule has 0 aliphatic heterocycles. The standard InChI is InChI=1S/C15H14FN3O3S/c1-21-15(20)19-14(23)18-13-8-11(5-6-12(13)17)22-10-4-2-3-9(16)7-10/h2-8H,17H2,1H3,(H2,18,19,20,23). The van der Waals surface area contributed by atoms with Crippen molar-refractivity contribution in [3.05, 3.63) is 48.3 Å². The Morgan fingerprint density at radius 2 is 1.96 bits per heavy atom. The van der Waals surface area contributed by atoms with E-state index >= 15 is 0 Å². The minimum absolute atomic E-state index is 0.0199. The van der Waals surface area contributed by atoms with Gasteiger partial charge in [-0.2, -0.15) is 0 Å². The van der Waals surface area contributed by atoms with Crippen LogP contribution >= 0.6 is 12.2 Å². The molecule has 0 aliphatic rings. The van der Waals surface area contributed by atoms with Gasteiger partial charge < -0.3 is 20.5 Å². The first-order chi connectivity index (χ1) is 11.0. The van der Waals surface area contributed by atoms with E-state index in [0.717, 1.165) is 0 Å². The average molecular weight is 335 g/mol. The van der Waals surface area contributed by atoms with Crippen molar-refractivity contribution in [3.8, 4) is 11.5 Å². The lowest BCUT2D eigenvalue weighted by Gasteiger charge is -2.13. The van der Waals surface area contributed by atoms with Gasteiger partial charge in [-0.15, -0.1) is 0 Å². The molecule has 0 unspecified atom stereocenters. The number of anilines is 2. The molecule has 120 valence electrons. The molecule has 0 bridgehead atoms. The van der Waals surface area contributed by atoms with Gasteiger partial charge in [0.1, 0.15) is 17.3 Å². The van der Waals surface area contributed by atoms with Crippen LogP contribution in [0, 0.1) is 5.82 Å². The Balaban J connectivity index is 2.12. The number of benzene rings is 2. The van der Waals surface area contributed by atoms with Gasteiger partial charge in [0.05, 0.1) is 18.5 Å². The maximum atomic E-state index is 13.2. The molecule has 0 atom stereocenters. The zero-order valence-electron chi connectivity index (χ0n) is 12.1. The summed E-state index contributed by atoms with van der Waals surface area (Å²) in [6.07, 6.45) is -0.701. The molecular formula is C15H14FN3O3S. The third kappa shape index (κ3) is 4.82. The van der Waals surface area contributed by atoms with Crippen molar-refractivity contribution in [1.29, 1.82) is 0 Å². The van der Waals surface area contributed by atoms with E-state index in [1.807, 2.05) is 0 Å². The molecule has 0 heterocycles. The van der Waals surface area contributed by atoms with Gasteiger partial charge in [-0.05, 0) is 36.5 Å². The van der Waals surface area contributed by atoms with Gasteiger partial charge in [-0.25, -0.2) is 9.18 Å². The summed E-state index contributed by atoms with van der Waals surface area (Å²) < 4.78 is 23.1. The number of carbonyl (C=O) groups excluding carboxylic acids is 1. The lowest BCUT2D eigenvalue weighted by molar-refractivity contribution is 0.177. The van der Waals surface area contributed by atoms with E-state index < -0.39 is 11.9 Å². The third-order valence-electron chi connectivity index (χ3n) is 2.71. The number of ether oxygens (including phenoxy) is 2.